The van der Waals surface area contributed by atoms with Crippen LogP contribution in [0.2, 0.25) is 10.0 Å². The molecule has 0 atom stereocenters. The van der Waals surface area contributed by atoms with Crippen molar-refractivity contribution in [1.82, 2.24) is 15.1 Å². The monoisotopic (exact) mass is 377 g/mol. The van der Waals surface area contributed by atoms with Crippen LogP contribution in [0.25, 0.3) is 0 Å². The fourth-order valence-electron chi connectivity index (χ4n) is 2.07. The zero-order valence-corrected chi connectivity index (χ0v) is 14.8. The van der Waals surface area contributed by atoms with Crippen LogP contribution in [-0.4, -0.2) is 21.0 Å². The molecular weight excluding hydrogens is 365 g/mol. The average molecular weight is 378 g/mol. The lowest BCUT2D eigenvalue weighted by molar-refractivity contribution is 0.102. The number of aryl methyl sites for hydroxylation is 2. The Morgan fingerprint density at radius 1 is 1.04 bits per heavy atom. The minimum Gasteiger partial charge on any atom is -0.360 e. The molecule has 7 nitrogen and oxygen atoms in total. The molecule has 9 heteroatoms. The lowest BCUT2D eigenvalue weighted by Gasteiger charge is -2.08. The molecule has 3 aromatic rings. The van der Waals surface area contributed by atoms with E-state index in [0.29, 0.717) is 39.0 Å². The molecule has 25 heavy (non-hydrogen) atoms. The Balaban J connectivity index is 1.81. The summed E-state index contributed by atoms with van der Waals surface area (Å²) < 4.78 is 4.99. The topological polar surface area (TPSA) is 92.9 Å². The molecule has 0 unspecified atom stereocenters. The highest BCUT2D eigenvalue weighted by molar-refractivity contribution is 6.42. The van der Waals surface area contributed by atoms with E-state index >= 15 is 0 Å². The highest BCUT2D eigenvalue weighted by Crippen LogP contribution is 2.25. The Kier molecular flexibility index (Phi) is 4.87. The van der Waals surface area contributed by atoms with Crippen LogP contribution >= 0.6 is 23.2 Å². The third kappa shape index (κ3) is 4.26. The summed E-state index contributed by atoms with van der Waals surface area (Å²) in [5, 5.41) is 10.3. The van der Waals surface area contributed by atoms with E-state index in [1.54, 1.807) is 38.1 Å². The minimum atomic E-state index is -0.400. The fourth-order valence-corrected chi connectivity index (χ4v) is 2.37. The molecule has 0 aliphatic heterocycles. The van der Waals surface area contributed by atoms with Crippen molar-refractivity contribution in [3.8, 4) is 0 Å². The van der Waals surface area contributed by atoms with Crippen molar-refractivity contribution in [2.75, 3.05) is 10.6 Å². The highest BCUT2D eigenvalue weighted by Gasteiger charge is 2.12. The maximum absolute atomic E-state index is 12.4. The van der Waals surface area contributed by atoms with E-state index in [-0.39, 0.29) is 5.69 Å². The second-order valence-electron chi connectivity index (χ2n) is 5.22. The van der Waals surface area contributed by atoms with Crippen molar-refractivity contribution in [3.63, 3.8) is 0 Å². The summed E-state index contributed by atoms with van der Waals surface area (Å²) in [7, 11) is 0. The predicted octanol–water partition coefficient (Wildman–Crippen LogP) is 4.38. The summed E-state index contributed by atoms with van der Waals surface area (Å²) >= 11 is 11.8. The van der Waals surface area contributed by atoms with Crippen molar-refractivity contribution < 1.29 is 9.32 Å². The Bertz CT molecular complexity index is 942. The first kappa shape index (κ1) is 17.2. The smallest absolute Gasteiger partial charge is 0.274 e. The third-order valence-electron chi connectivity index (χ3n) is 3.13. The number of anilines is 3. The molecule has 0 fully saturated rings. The largest absolute Gasteiger partial charge is 0.360 e. The number of carbonyl (C=O) groups is 1. The third-order valence-corrected chi connectivity index (χ3v) is 3.87. The lowest BCUT2D eigenvalue weighted by atomic mass is 10.3. The minimum absolute atomic E-state index is 0.196. The van der Waals surface area contributed by atoms with Gasteiger partial charge in [-0.1, -0.05) is 28.4 Å². The van der Waals surface area contributed by atoms with Crippen molar-refractivity contribution in [3.05, 3.63) is 57.7 Å². The molecule has 1 amide bonds. The molecule has 3 rings (SSSR count). The van der Waals surface area contributed by atoms with Crippen molar-refractivity contribution in [2.24, 2.45) is 0 Å². The molecule has 2 heterocycles. The molecule has 0 saturated carbocycles. The summed E-state index contributed by atoms with van der Waals surface area (Å²) in [4.78, 5) is 20.8. The first-order valence-electron chi connectivity index (χ1n) is 7.23. The van der Waals surface area contributed by atoms with Gasteiger partial charge in [-0.3, -0.25) is 4.79 Å². The molecule has 0 saturated heterocycles. The zero-order valence-electron chi connectivity index (χ0n) is 13.3. The van der Waals surface area contributed by atoms with Crippen LogP contribution < -0.4 is 10.6 Å². The summed E-state index contributed by atoms with van der Waals surface area (Å²) in [6.07, 6.45) is 0. The van der Waals surface area contributed by atoms with Gasteiger partial charge in [0.1, 0.15) is 23.1 Å². The van der Waals surface area contributed by atoms with Gasteiger partial charge in [-0.2, -0.15) is 0 Å². The number of hydrogen-bond acceptors (Lipinski definition) is 6. The quantitative estimate of drug-likeness (QED) is 0.700. The highest BCUT2D eigenvalue weighted by atomic mass is 35.5. The first-order valence-corrected chi connectivity index (χ1v) is 7.99. The van der Waals surface area contributed by atoms with E-state index in [2.05, 4.69) is 25.8 Å². The van der Waals surface area contributed by atoms with Crippen LogP contribution in [0.5, 0.6) is 0 Å². The number of amides is 1. The van der Waals surface area contributed by atoms with Gasteiger partial charge in [0, 0.05) is 17.8 Å². The van der Waals surface area contributed by atoms with Crippen LogP contribution in [0.15, 0.2) is 34.9 Å². The standard InChI is InChI=1S/C16H13Cl2N5O2/c1-8-5-15(23-25-8)22-14-7-13(19-9(2)20-14)16(24)21-10-3-4-11(17)12(18)6-10/h3-7H,1-2H3,(H,21,24)(H,19,20,22,23). The van der Waals surface area contributed by atoms with Gasteiger partial charge in [-0.15, -0.1) is 0 Å². The normalized spacial score (nSPS) is 10.6. The maximum atomic E-state index is 12.4. The lowest BCUT2D eigenvalue weighted by Crippen LogP contribution is -2.15. The van der Waals surface area contributed by atoms with Gasteiger partial charge < -0.3 is 15.2 Å². The molecule has 0 bridgehead atoms. The second-order valence-corrected chi connectivity index (χ2v) is 6.03. The summed E-state index contributed by atoms with van der Waals surface area (Å²) in [6, 6.07) is 8.05. The number of hydrogen-bond donors (Lipinski definition) is 2. The van der Waals surface area contributed by atoms with E-state index in [4.69, 9.17) is 27.7 Å². The van der Waals surface area contributed by atoms with E-state index in [9.17, 15) is 4.79 Å². The van der Waals surface area contributed by atoms with Gasteiger partial charge in [0.2, 0.25) is 0 Å². The molecule has 128 valence electrons. The van der Waals surface area contributed by atoms with Crippen LogP contribution in [-0.2, 0) is 0 Å². The molecular formula is C16H13Cl2N5O2. The van der Waals surface area contributed by atoms with Crippen LogP contribution in [0.3, 0.4) is 0 Å². The van der Waals surface area contributed by atoms with Crippen LogP contribution in [0, 0.1) is 13.8 Å². The number of nitrogens with zero attached hydrogens (tertiary/aromatic N) is 3. The fraction of sp³-hybridized carbons (Fsp3) is 0.125. The maximum Gasteiger partial charge on any atom is 0.274 e. The van der Waals surface area contributed by atoms with E-state index < -0.39 is 5.91 Å². The van der Waals surface area contributed by atoms with Gasteiger partial charge >= 0.3 is 0 Å². The van der Waals surface area contributed by atoms with Gasteiger partial charge in [-0.05, 0) is 32.0 Å². The molecule has 0 radical (unpaired) electrons. The van der Waals surface area contributed by atoms with Crippen LogP contribution in [0.4, 0.5) is 17.3 Å². The number of aromatic nitrogens is 3. The molecule has 2 N–H and O–H groups in total. The zero-order chi connectivity index (χ0) is 18.0. The molecule has 0 aliphatic carbocycles. The Hall–Kier alpha value is -2.64. The Morgan fingerprint density at radius 3 is 2.52 bits per heavy atom. The number of rotatable bonds is 4. The van der Waals surface area contributed by atoms with E-state index in [1.807, 2.05) is 0 Å². The summed E-state index contributed by atoms with van der Waals surface area (Å²) in [6.45, 7) is 3.47. The SMILES string of the molecule is Cc1nc(Nc2cc(C)on2)cc(C(=O)Nc2ccc(Cl)c(Cl)c2)n1. The molecule has 2 aromatic heterocycles. The van der Waals surface area contributed by atoms with Gasteiger partial charge in [-0.25, -0.2) is 9.97 Å². The molecule has 0 spiro atoms. The van der Waals surface area contributed by atoms with Crippen molar-refractivity contribution in [1.29, 1.82) is 0 Å². The summed E-state index contributed by atoms with van der Waals surface area (Å²) in [5.41, 5.74) is 0.707. The van der Waals surface area contributed by atoms with E-state index in [0.717, 1.165) is 0 Å². The Labute approximate surface area is 153 Å². The Morgan fingerprint density at radius 2 is 1.84 bits per heavy atom. The number of nitrogens with one attached hydrogen (secondary N) is 2. The number of carbonyl (C=O) groups excluding carboxylic acids is 1. The summed E-state index contributed by atoms with van der Waals surface area (Å²) in [5.74, 6) is 1.62. The van der Waals surface area contributed by atoms with Gasteiger partial charge in [0.15, 0.2) is 5.82 Å². The predicted molar refractivity (Wildman–Crippen MR) is 95.7 cm³/mol. The number of halogens is 2. The van der Waals surface area contributed by atoms with E-state index in [1.165, 1.54) is 6.07 Å². The molecule has 1 aromatic carbocycles. The molecule has 0 aliphatic rings. The van der Waals surface area contributed by atoms with Gasteiger partial charge in [0.25, 0.3) is 5.91 Å². The van der Waals surface area contributed by atoms with Crippen LogP contribution in [0.1, 0.15) is 22.1 Å². The van der Waals surface area contributed by atoms with Crippen molar-refractivity contribution in [2.45, 2.75) is 13.8 Å². The first-order chi connectivity index (χ1) is 11.9. The number of benzene rings is 1. The van der Waals surface area contributed by atoms with Crippen molar-refractivity contribution >= 4 is 46.4 Å². The average Bonchev–Trinajstić information content (AvgIpc) is 2.95. The second kappa shape index (κ2) is 7.08. The van der Waals surface area contributed by atoms with Gasteiger partial charge in [0.05, 0.1) is 10.0 Å².